The Morgan fingerprint density at radius 3 is 1.90 bits per heavy atom. The first-order chi connectivity index (χ1) is 9.08. The van der Waals surface area contributed by atoms with E-state index in [4.69, 9.17) is 0 Å². The van der Waals surface area contributed by atoms with Crippen molar-refractivity contribution in [2.24, 2.45) is 0 Å². The van der Waals surface area contributed by atoms with Crippen LogP contribution in [-0.4, -0.2) is 55.8 Å². The van der Waals surface area contributed by atoms with Crippen molar-refractivity contribution >= 4 is 0 Å². The normalized spacial score (nSPS) is 19.4. The molecule has 0 aromatic heterocycles. The van der Waals surface area contributed by atoms with E-state index in [-0.39, 0.29) is 13.2 Å². The molecule has 0 radical (unpaired) electrons. The number of likely N-dealkylation sites (tertiary alicyclic amines) is 1. The fourth-order valence-electron chi connectivity index (χ4n) is 1.88. The Morgan fingerprint density at radius 2 is 1.40 bits per heavy atom. The van der Waals surface area contributed by atoms with Crippen molar-refractivity contribution in [3.8, 4) is 0 Å². The molecule has 9 heteroatoms. The minimum absolute atomic E-state index is 0.244. The molecule has 20 heavy (non-hydrogen) atoms. The van der Waals surface area contributed by atoms with E-state index in [1.807, 2.05) is 4.90 Å². The van der Waals surface area contributed by atoms with Gasteiger partial charge >= 0.3 is 18.0 Å². The highest BCUT2D eigenvalue weighted by molar-refractivity contribution is 4.90. The number of nitrogens with zero attached hydrogens (tertiary/aromatic N) is 1. The van der Waals surface area contributed by atoms with E-state index in [0.717, 1.165) is 32.4 Å². The maximum atomic E-state index is 12.9. The summed E-state index contributed by atoms with van der Waals surface area (Å²) in [5.74, 6) is -11.4. The summed E-state index contributed by atoms with van der Waals surface area (Å²) in [6, 6.07) is 0. The maximum absolute atomic E-state index is 12.9. The van der Waals surface area contributed by atoms with Crippen molar-refractivity contribution in [1.82, 2.24) is 4.90 Å². The monoisotopic (exact) mass is 311 g/mol. The number of hydrogen-bond donors (Lipinski definition) is 0. The third-order valence-electron chi connectivity index (χ3n) is 3.10. The Morgan fingerprint density at radius 1 is 0.850 bits per heavy atom. The van der Waals surface area contributed by atoms with E-state index < -0.39 is 24.6 Å². The number of halogens is 7. The first-order valence-corrected chi connectivity index (χ1v) is 6.20. The zero-order valence-corrected chi connectivity index (χ0v) is 10.7. The molecule has 0 unspecified atom stereocenters. The molecule has 1 heterocycles. The first kappa shape index (κ1) is 17.5. The lowest BCUT2D eigenvalue weighted by molar-refractivity contribution is -0.361. The minimum Gasteiger partial charge on any atom is -0.374 e. The number of piperidine rings is 1. The summed E-state index contributed by atoms with van der Waals surface area (Å²) in [5, 5.41) is 0. The molecule has 0 spiro atoms. The van der Waals surface area contributed by atoms with Crippen LogP contribution in [0.15, 0.2) is 0 Å². The molecule has 2 nitrogen and oxygen atoms in total. The quantitative estimate of drug-likeness (QED) is 0.551. The average Bonchev–Trinajstić information content (AvgIpc) is 2.34. The minimum atomic E-state index is -6.30. The Hall–Kier alpha value is -0.570. The standard InChI is InChI=1S/C11H16F7NO/c12-9(13,10(14,15)11(16,17)18)8-20-7-6-19-4-2-1-3-5-19/h1-8H2. The van der Waals surface area contributed by atoms with E-state index in [9.17, 15) is 30.7 Å². The molecule has 1 fully saturated rings. The van der Waals surface area contributed by atoms with Gasteiger partial charge < -0.3 is 9.64 Å². The molecule has 1 aliphatic rings. The van der Waals surface area contributed by atoms with Gasteiger partial charge in [-0.3, -0.25) is 0 Å². The van der Waals surface area contributed by atoms with Gasteiger partial charge in [-0.15, -0.1) is 0 Å². The molecule has 1 rings (SSSR count). The molecule has 1 saturated heterocycles. The van der Waals surface area contributed by atoms with Gasteiger partial charge in [0, 0.05) is 6.54 Å². The number of alkyl halides is 7. The summed E-state index contributed by atoms with van der Waals surface area (Å²) >= 11 is 0. The van der Waals surface area contributed by atoms with Crippen LogP contribution in [-0.2, 0) is 4.74 Å². The number of hydrogen-bond acceptors (Lipinski definition) is 2. The summed E-state index contributed by atoms with van der Waals surface area (Å²) in [7, 11) is 0. The second kappa shape index (κ2) is 6.46. The van der Waals surface area contributed by atoms with Crippen molar-refractivity contribution in [2.45, 2.75) is 37.3 Å². The Kier molecular flexibility index (Phi) is 5.65. The van der Waals surface area contributed by atoms with Gasteiger partial charge in [0.15, 0.2) is 0 Å². The van der Waals surface area contributed by atoms with Crippen LogP contribution in [0.3, 0.4) is 0 Å². The van der Waals surface area contributed by atoms with Crippen molar-refractivity contribution in [3.63, 3.8) is 0 Å². The Labute approximate surface area is 111 Å². The summed E-state index contributed by atoms with van der Waals surface area (Å²) in [6.45, 7) is -0.512. The molecule has 0 amide bonds. The molecule has 0 saturated carbocycles. The Bertz CT molecular complexity index is 300. The molecule has 0 N–H and O–H groups in total. The first-order valence-electron chi connectivity index (χ1n) is 6.20. The molecule has 0 aliphatic carbocycles. The summed E-state index contributed by atoms with van der Waals surface area (Å²) in [6.07, 6.45) is -3.34. The summed E-state index contributed by atoms with van der Waals surface area (Å²) in [5.41, 5.74) is 0. The van der Waals surface area contributed by atoms with Crippen LogP contribution in [0, 0.1) is 0 Å². The molecule has 0 aromatic carbocycles. The lowest BCUT2D eigenvalue weighted by atomic mass is 10.1. The molecule has 120 valence electrons. The van der Waals surface area contributed by atoms with E-state index >= 15 is 0 Å². The van der Waals surface area contributed by atoms with Crippen LogP contribution in [0.5, 0.6) is 0 Å². The van der Waals surface area contributed by atoms with E-state index in [2.05, 4.69) is 4.74 Å². The summed E-state index contributed by atoms with van der Waals surface area (Å²) in [4.78, 5) is 1.89. The molecular weight excluding hydrogens is 295 g/mol. The van der Waals surface area contributed by atoms with Gasteiger partial charge in [0.25, 0.3) is 0 Å². The molecule has 0 bridgehead atoms. The highest BCUT2D eigenvalue weighted by Gasteiger charge is 2.72. The lowest BCUT2D eigenvalue weighted by Gasteiger charge is -2.29. The van der Waals surface area contributed by atoms with Crippen LogP contribution < -0.4 is 0 Å². The average molecular weight is 311 g/mol. The van der Waals surface area contributed by atoms with Gasteiger partial charge in [0.1, 0.15) is 6.61 Å². The zero-order valence-electron chi connectivity index (χ0n) is 10.7. The predicted molar refractivity (Wildman–Crippen MR) is 57.1 cm³/mol. The van der Waals surface area contributed by atoms with Crippen molar-refractivity contribution in [3.05, 3.63) is 0 Å². The highest BCUT2D eigenvalue weighted by Crippen LogP contribution is 2.46. The second-order valence-electron chi connectivity index (χ2n) is 4.73. The van der Waals surface area contributed by atoms with Gasteiger partial charge in [-0.05, 0) is 25.9 Å². The number of rotatable bonds is 6. The van der Waals surface area contributed by atoms with Crippen LogP contribution in [0.4, 0.5) is 30.7 Å². The predicted octanol–water partition coefficient (Wildman–Crippen LogP) is 3.32. The van der Waals surface area contributed by atoms with E-state index in [1.165, 1.54) is 0 Å². The molecule has 0 aromatic rings. The molecular formula is C11H16F7NO. The largest absolute Gasteiger partial charge is 0.459 e. The SMILES string of the molecule is FC(F)(F)C(F)(F)C(F)(F)COCCN1CCCCC1. The van der Waals surface area contributed by atoms with Crippen molar-refractivity contribution in [2.75, 3.05) is 32.8 Å². The third kappa shape index (κ3) is 4.21. The number of ether oxygens (including phenoxy) is 1. The second-order valence-corrected chi connectivity index (χ2v) is 4.73. The maximum Gasteiger partial charge on any atom is 0.459 e. The highest BCUT2D eigenvalue weighted by atomic mass is 19.4. The van der Waals surface area contributed by atoms with Crippen LogP contribution in [0.2, 0.25) is 0 Å². The fraction of sp³-hybridized carbons (Fsp3) is 1.00. The van der Waals surface area contributed by atoms with Crippen molar-refractivity contribution in [1.29, 1.82) is 0 Å². The van der Waals surface area contributed by atoms with Crippen LogP contribution in [0.1, 0.15) is 19.3 Å². The molecule has 0 atom stereocenters. The fourth-order valence-corrected chi connectivity index (χ4v) is 1.88. The van der Waals surface area contributed by atoms with Crippen LogP contribution >= 0.6 is 0 Å². The smallest absolute Gasteiger partial charge is 0.374 e. The topological polar surface area (TPSA) is 12.5 Å². The van der Waals surface area contributed by atoms with Crippen LogP contribution in [0.25, 0.3) is 0 Å². The van der Waals surface area contributed by atoms with Gasteiger partial charge in [-0.2, -0.15) is 30.7 Å². The van der Waals surface area contributed by atoms with E-state index in [0.29, 0.717) is 0 Å². The van der Waals surface area contributed by atoms with Gasteiger partial charge in [0.05, 0.1) is 6.61 Å². The molecule has 1 aliphatic heterocycles. The Balaban J connectivity index is 2.35. The third-order valence-corrected chi connectivity index (χ3v) is 3.10. The zero-order chi connectivity index (χ0) is 15.4. The van der Waals surface area contributed by atoms with Crippen molar-refractivity contribution < 1.29 is 35.5 Å². The van der Waals surface area contributed by atoms with Gasteiger partial charge in [-0.25, -0.2) is 0 Å². The van der Waals surface area contributed by atoms with Gasteiger partial charge in [0.2, 0.25) is 0 Å². The summed E-state index contributed by atoms with van der Waals surface area (Å²) < 4.78 is 90.6. The van der Waals surface area contributed by atoms with Gasteiger partial charge in [-0.1, -0.05) is 6.42 Å². The lowest BCUT2D eigenvalue weighted by Crippen LogP contribution is -2.54. The van der Waals surface area contributed by atoms with E-state index in [1.54, 1.807) is 0 Å².